The van der Waals surface area contributed by atoms with Gasteiger partial charge in [-0.05, 0) is 42.5 Å². The Hall–Kier alpha value is -2.23. The first kappa shape index (κ1) is 14.4. The highest BCUT2D eigenvalue weighted by Gasteiger charge is 2.64. The van der Waals surface area contributed by atoms with Gasteiger partial charge in [0.25, 0.3) is 0 Å². The first-order valence-electron chi connectivity index (χ1n) is 8.10. The van der Waals surface area contributed by atoms with E-state index in [1.807, 2.05) is 37.3 Å². The lowest BCUT2D eigenvalue weighted by Gasteiger charge is -2.47. The molecule has 2 aromatic rings. The van der Waals surface area contributed by atoms with Gasteiger partial charge in [-0.3, -0.25) is 14.6 Å². The van der Waals surface area contributed by atoms with Crippen LogP contribution < -0.4 is 4.90 Å². The zero-order chi connectivity index (χ0) is 16.4. The SMILES string of the molecule is CC12CCC(C(=O)N(c3cccc4ncccc34)C1=O)C2(C)C. The molecule has 4 heteroatoms. The van der Waals surface area contributed by atoms with Crippen molar-refractivity contribution in [1.29, 1.82) is 0 Å². The van der Waals surface area contributed by atoms with Crippen LogP contribution in [-0.4, -0.2) is 16.8 Å². The lowest BCUT2D eigenvalue weighted by molar-refractivity contribution is -0.146. The van der Waals surface area contributed by atoms with Gasteiger partial charge in [-0.1, -0.05) is 26.8 Å². The molecule has 2 amide bonds. The molecule has 2 aliphatic rings. The van der Waals surface area contributed by atoms with Crippen molar-refractivity contribution in [2.45, 2.75) is 33.6 Å². The maximum atomic E-state index is 13.3. The van der Waals surface area contributed by atoms with Gasteiger partial charge >= 0.3 is 0 Å². The number of nitrogens with zero attached hydrogens (tertiary/aromatic N) is 2. The van der Waals surface area contributed by atoms with E-state index in [-0.39, 0.29) is 23.1 Å². The average molecular weight is 308 g/mol. The third kappa shape index (κ3) is 1.64. The minimum atomic E-state index is -0.490. The average Bonchev–Trinajstić information content (AvgIpc) is 2.72. The number of anilines is 1. The van der Waals surface area contributed by atoms with Crippen LogP contribution in [0.1, 0.15) is 33.6 Å². The molecular formula is C19H20N2O2. The molecule has 2 fully saturated rings. The molecule has 2 bridgehead atoms. The first-order chi connectivity index (χ1) is 10.9. The topological polar surface area (TPSA) is 50.3 Å². The molecule has 2 unspecified atom stereocenters. The Morgan fingerprint density at radius 3 is 2.70 bits per heavy atom. The van der Waals surface area contributed by atoms with Gasteiger partial charge in [-0.2, -0.15) is 0 Å². The van der Waals surface area contributed by atoms with Gasteiger partial charge in [0, 0.05) is 17.5 Å². The number of piperidine rings is 1. The van der Waals surface area contributed by atoms with Crippen molar-refractivity contribution < 1.29 is 9.59 Å². The molecule has 4 nitrogen and oxygen atoms in total. The molecule has 0 radical (unpaired) electrons. The first-order valence-corrected chi connectivity index (χ1v) is 8.10. The number of hydrogen-bond acceptors (Lipinski definition) is 3. The van der Waals surface area contributed by atoms with E-state index in [1.54, 1.807) is 6.20 Å². The van der Waals surface area contributed by atoms with Gasteiger partial charge in [0.15, 0.2) is 0 Å². The summed E-state index contributed by atoms with van der Waals surface area (Å²) in [6.45, 7) is 6.13. The van der Waals surface area contributed by atoms with Crippen LogP contribution in [0.15, 0.2) is 36.5 Å². The summed E-state index contributed by atoms with van der Waals surface area (Å²) in [6, 6.07) is 9.36. The molecule has 118 valence electrons. The standard InChI is InChI=1S/C19H20N2O2/c1-18(2)13-9-10-19(18,3)17(23)21(16(13)22)15-8-4-7-14-12(15)6-5-11-20-14/h4-8,11,13H,9-10H2,1-3H3. The number of imide groups is 1. The van der Waals surface area contributed by atoms with E-state index in [1.165, 1.54) is 4.90 Å². The van der Waals surface area contributed by atoms with Crippen molar-refractivity contribution in [1.82, 2.24) is 4.98 Å². The second kappa shape index (κ2) is 4.40. The Bertz CT molecular complexity index is 837. The third-order valence-electron chi connectivity index (χ3n) is 6.28. The lowest BCUT2D eigenvalue weighted by Crippen LogP contribution is -2.59. The van der Waals surface area contributed by atoms with E-state index in [9.17, 15) is 9.59 Å². The van der Waals surface area contributed by atoms with Crippen LogP contribution in [0, 0.1) is 16.7 Å². The largest absolute Gasteiger partial charge is 0.274 e. The number of amides is 2. The molecule has 0 spiro atoms. The maximum absolute atomic E-state index is 13.3. The Morgan fingerprint density at radius 1 is 1.13 bits per heavy atom. The number of benzene rings is 1. The highest BCUT2D eigenvalue weighted by atomic mass is 16.2. The Morgan fingerprint density at radius 2 is 1.91 bits per heavy atom. The van der Waals surface area contributed by atoms with Gasteiger partial charge < -0.3 is 0 Å². The van der Waals surface area contributed by atoms with Crippen LogP contribution in [0.5, 0.6) is 0 Å². The maximum Gasteiger partial charge on any atom is 0.240 e. The number of hydrogen-bond donors (Lipinski definition) is 0. The van der Waals surface area contributed by atoms with Crippen LogP contribution in [0.3, 0.4) is 0 Å². The molecule has 1 aromatic carbocycles. The number of pyridine rings is 1. The van der Waals surface area contributed by atoms with Crippen LogP contribution in [0.25, 0.3) is 10.9 Å². The monoisotopic (exact) mass is 308 g/mol. The van der Waals surface area contributed by atoms with Crippen molar-refractivity contribution in [3.63, 3.8) is 0 Å². The van der Waals surface area contributed by atoms with Crippen LogP contribution in [0.2, 0.25) is 0 Å². The van der Waals surface area contributed by atoms with Gasteiger partial charge in [0.05, 0.1) is 16.6 Å². The smallest absolute Gasteiger partial charge is 0.240 e. The minimum Gasteiger partial charge on any atom is -0.274 e. The van der Waals surface area contributed by atoms with Gasteiger partial charge in [-0.15, -0.1) is 0 Å². The summed E-state index contributed by atoms with van der Waals surface area (Å²) in [6.07, 6.45) is 3.28. The summed E-state index contributed by atoms with van der Waals surface area (Å²) in [5.74, 6) is -0.235. The van der Waals surface area contributed by atoms with Crippen molar-refractivity contribution in [3.05, 3.63) is 36.5 Å². The van der Waals surface area contributed by atoms with E-state index < -0.39 is 5.41 Å². The molecule has 1 saturated carbocycles. The molecule has 1 saturated heterocycles. The second-order valence-corrected chi connectivity index (χ2v) is 7.47. The Labute approximate surface area is 135 Å². The Kier molecular flexibility index (Phi) is 2.75. The second-order valence-electron chi connectivity index (χ2n) is 7.47. The van der Waals surface area contributed by atoms with E-state index in [0.29, 0.717) is 5.69 Å². The Balaban J connectivity index is 1.93. The van der Waals surface area contributed by atoms with Crippen molar-refractivity contribution in [3.8, 4) is 0 Å². The fourth-order valence-corrected chi connectivity index (χ4v) is 4.33. The number of aromatic nitrogens is 1. The number of fused-ring (bicyclic) bond motifs is 3. The summed E-state index contributed by atoms with van der Waals surface area (Å²) < 4.78 is 0. The quantitative estimate of drug-likeness (QED) is 0.757. The molecule has 23 heavy (non-hydrogen) atoms. The highest BCUT2D eigenvalue weighted by molar-refractivity contribution is 6.23. The number of rotatable bonds is 1. The molecule has 2 heterocycles. The molecule has 1 aliphatic heterocycles. The van der Waals surface area contributed by atoms with Crippen LogP contribution in [0.4, 0.5) is 5.69 Å². The summed E-state index contributed by atoms with van der Waals surface area (Å²) >= 11 is 0. The van der Waals surface area contributed by atoms with E-state index in [0.717, 1.165) is 23.7 Å². The molecule has 2 atom stereocenters. The number of carbonyl (C=O) groups is 2. The van der Waals surface area contributed by atoms with Crippen molar-refractivity contribution in [2.24, 2.45) is 16.7 Å². The van der Waals surface area contributed by atoms with Crippen LogP contribution in [-0.2, 0) is 9.59 Å². The number of carbonyl (C=O) groups excluding carboxylic acids is 2. The zero-order valence-corrected chi connectivity index (χ0v) is 13.7. The lowest BCUT2D eigenvalue weighted by atomic mass is 9.62. The third-order valence-corrected chi connectivity index (χ3v) is 6.28. The predicted molar refractivity (Wildman–Crippen MR) is 88.8 cm³/mol. The van der Waals surface area contributed by atoms with Crippen molar-refractivity contribution in [2.75, 3.05) is 4.90 Å². The summed E-state index contributed by atoms with van der Waals surface area (Å²) in [5, 5.41) is 0.847. The zero-order valence-electron chi connectivity index (χ0n) is 13.7. The molecule has 0 N–H and O–H groups in total. The summed E-state index contributed by atoms with van der Waals surface area (Å²) in [4.78, 5) is 32.1. The molecule has 4 rings (SSSR count). The molecular weight excluding hydrogens is 288 g/mol. The summed E-state index contributed by atoms with van der Waals surface area (Å²) in [7, 11) is 0. The normalized spacial score (nSPS) is 29.3. The van der Waals surface area contributed by atoms with Gasteiger partial charge in [0.1, 0.15) is 0 Å². The minimum absolute atomic E-state index is 0.0636. The van der Waals surface area contributed by atoms with E-state index in [2.05, 4.69) is 18.8 Å². The fraction of sp³-hybridized carbons (Fsp3) is 0.421. The summed E-state index contributed by atoms with van der Waals surface area (Å²) in [5.41, 5.74) is 0.684. The van der Waals surface area contributed by atoms with E-state index in [4.69, 9.17) is 0 Å². The predicted octanol–water partition coefficient (Wildman–Crippen LogP) is 3.55. The van der Waals surface area contributed by atoms with Crippen molar-refractivity contribution >= 4 is 28.4 Å². The fourth-order valence-electron chi connectivity index (χ4n) is 4.33. The van der Waals surface area contributed by atoms with E-state index >= 15 is 0 Å². The molecule has 1 aliphatic carbocycles. The van der Waals surface area contributed by atoms with Gasteiger partial charge in [-0.25, -0.2) is 4.90 Å². The highest BCUT2D eigenvalue weighted by Crippen LogP contribution is 2.60. The van der Waals surface area contributed by atoms with Gasteiger partial charge in [0.2, 0.25) is 11.8 Å². The molecule has 1 aromatic heterocycles. The van der Waals surface area contributed by atoms with Crippen LogP contribution >= 0.6 is 0 Å².